The molecule has 104 valence electrons. The van der Waals surface area contributed by atoms with Crippen LogP contribution in [0.1, 0.15) is 38.7 Å². The molecule has 1 aliphatic rings. The lowest BCUT2D eigenvalue weighted by Gasteiger charge is -2.33. The van der Waals surface area contributed by atoms with Gasteiger partial charge >= 0.3 is 0 Å². The van der Waals surface area contributed by atoms with Gasteiger partial charge in [-0.15, -0.1) is 0 Å². The van der Waals surface area contributed by atoms with Crippen LogP contribution >= 0.6 is 0 Å². The molecule has 0 bridgehead atoms. The van der Waals surface area contributed by atoms with E-state index in [1.165, 1.54) is 25.5 Å². The van der Waals surface area contributed by atoms with Crippen LogP contribution in [0.3, 0.4) is 0 Å². The van der Waals surface area contributed by atoms with E-state index in [0.29, 0.717) is 6.04 Å². The van der Waals surface area contributed by atoms with E-state index in [9.17, 15) is 0 Å². The second-order valence-electron chi connectivity index (χ2n) is 5.81. The van der Waals surface area contributed by atoms with Crippen LogP contribution < -0.4 is 10.6 Å². The summed E-state index contributed by atoms with van der Waals surface area (Å²) in [6.45, 7) is 4.71. The maximum absolute atomic E-state index is 7.47. The maximum atomic E-state index is 7.47. The van der Waals surface area contributed by atoms with Crippen molar-refractivity contribution in [2.45, 2.75) is 39.2 Å². The van der Waals surface area contributed by atoms with Crippen molar-refractivity contribution in [1.29, 1.82) is 5.41 Å². The molecule has 3 heteroatoms. The largest absolute Gasteiger partial charge is 0.388 e. The van der Waals surface area contributed by atoms with E-state index in [0.717, 1.165) is 28.8 Å². The Kier molecular flexibility index (Phi) is 4.46. The minimum Gasteiger partial charge on any atom is -0.388 e. The van der Waals surface area contributed by atoms with E-state index >= 15 is 0 Å². The summed E-state index contributed by atoms with van der Waals surface area (Å²) >= 11 is 0. The van der Waals surface area contributed by atoms with Crippen molar-refractivity contribution in [2.75, 3.05) is 17.7 Å². The molecule has 19 heavy (non-hydrogen) atoms. The first-order valence-electron chi connectivity index (χ1n) is 7.23. The molecule has 0 saturated heterocycles. The molecule has 1 fully saturated rings. The normalized spacial score (nSPS) is 26.8. The molecule has 3 atom stereocenters. The highest BCUT2D eigenvalue weighted by atomic mass is 14.9. The molecule has 0 heterocycles. The highest BCUT2D eigenvalue weighted by Crippen LogP contribution is 2.31. The van der Waals surface area contributed by atoms with E-state index in [-0.39, 0.29) is 0 Å². The van der Waals surface area contributed by atoms with Crippen molar-refractivity contribution >= 4 is 17.6 Å². The van der Waals surface area contributed by atoms with E-state index < -0.39 is 0 Å². The van der Waals surface area contributed by atoms with Crippen LogP contribution in [0.4, 0.5) is 11.4 Å². The Labute approximate surface area is 116 Å². The third-order valence-corrected chi connectivity index (χ3v) is 4.45. The second-order valence-corrected chi connectivity index (χ2v) is 5.81. The van der Waals surface area contributed by atoms with Gasteiger partial charge in [0.05, 0.1) is 0 Å². The summed E-state index contributed by atoms with van der Waals surface area (Å²) in [5.41, 5.74) is 3.07. The summed E-state index contributed by atoms with van der Waals surface area (Å²) in [6, 6.07) is 6.77. The van der Waals surface area contributed by atoms with Crippen molar-refractivity contribution in [1.82, 2.24) is 0 Å². The quantitative estimate of drug-likeness (QED) is 0.717. The number of nitrogens with one attached hydrogen (secondary N) is 3. The molecule has 3 nitrogen and oxygen atoms in total. The van der Waals surface area contributed by atoms with Crippen molar-refractivity contribution in [2.24, 2.45) is 11.8 Å². The molecule has 1 saturated carbocycles. The molecular formula is C16H25N3. The lowest BCUT2D eigenvalue weighted by Crippen LogP contribution is -2.30. The molecule has 0 spiro atoms. The highest BCUT2D eigenvalue weighted by Gasteiger charge is 2.24. The summed E-state index contributed by atoms with van der Waals surface area (Å²) in [7, 11) is 1.89. The minimum absolute atomic E-state index is 0.574. The van der Waals surface area contributed by atoms with Crippen molar-refractivity contribution in [3.63, 3.8) is 0 Å². The molecule has 3 unspecified atom stereocenters. The van der Waals surface area contributed by atoms with E-state index in [2.05, 4.69) is 36.6 Å². The average Bonchev–Trinajstić information content (AvgIpc) is 2.43. The Morgan fingerprint density at radius 2 is 2.00 bits per heavy atom. The standard InChI is InChI=1S/C16H25N3/c1-11-4-5-14(8-12(11)2)19-15-6-7-16(18-3)13(9-15)10-17/h6-7,9-12,14,17-19H,4-5,8H2,1-3H3. The van der Waals surface area contributed by atoms with Crippen molar-refractivity contribution in [3.8, 4) is 0 Å². The zero-order valence-corrected chi connectivity index (χ0v) is 12.2. The van der Waals surface area contributed by atoms with Crippen molar-refractivity contribution < 1.29 is 0 Å². The molecule has 2 rings (SSSR count). The van der Waals surface area contributed by atoms with Crippen LogP contribution in [-0.4, -0.2) is 19.3 Å². The number of benzene rings is 1. The van der Waals surface area contributed by atoms with E-state index in [1.807, 2.05) is 13.1 Å². The van der Waals surface area contributed by atoms with Crippen LogP contribution in [0.5, 0.6) is 0 Å². The van der Waals surface area contributed by atoms with Gasteiger partial charge in [-0.1, -0.05) is 13.8 Å². The highest BCUT2D eigenvalue weighted by molar-refractivity contribution is 5.87. The van der Waals surface area contributed by atoms with Gasteiger partial charge in [-0.3, -0.25) is 0 Å². The first-order chi connectivity index (χ1) is 9.13. The van der Waals surface area contributed by atoms with Crippen LogP contribution in [0.15, 0.2) is 18.2 Å². The molecule has 1 aromatic carbocycles. The zero-order valence-electron chi connectivity index (χ0n) is 12.2. The van der Waals surface area contributed by atoms with Gasteiger partial charge in [0.1, 0.15) is 0 Å². The summed E-state index contributed by atoms with van der Waals surface area (Å²) in [6.07, 6.45) is 5.21. The van der Waals surface area contributed by atoms with Crippen LogP contribution in [0.2, 0.25) is 0 Å². The first kappa shape index (κ1) is 13.9. The van der Waals surface area contributed by atoms with Gasteiger partial charge in [0, 0.05) is 36.2 Å². The number of rotatable bonds is 4. The lowest BCUT2D eigenvalue weighted by molar-refractivity contribution is 0.261. The average molecular weight is 259 g/mol. The van der Waals surface area contributed by atoms with E-state index in [4.69, 9.17) is 5.41 Å². The number of hydrogen-bond acceptors (Lipinski definition) is 3. The maximum Gasteiger partial charge on any atom is 0.0428 e. The molecule has 0 aliphatic heterocycles. The van der Waals surface area contributed by atoms with E-state index in [1.54, 1.807) is 0 Å². The second kappa shape index (κ2) is 6.09. The predicted molar refractivity (Wildman–Crippen MR) is 83.5 cm³/mol. The monoisotopic (exact) mass is 259 g/mol. The number of hydrogen-bond donors (Lipinski definition) is 3. The fourth-order valence-corrected chi connectivity index (χ4v) is 2.91. The summed E-state index contributed by atoms with van der Waals surface area (Å²) < 4.78 is 0. The summed E-state index contributed by atoms with van der Waals surface area (Å²) in [5.74, 6) is 1.65. The fourth-order valence-electron chi connectivity index (χ4n) is 2.91. The van der Waals surface area contributed by atoms with Crippen LogP contribution in [0, 0.1) is 17.2 Å². The summed E-state index contributed by atoms with van der Waals surface area (Å²) in [4.78, 5) is 0. The van der Waals surface area contributed by atoms with Gasteiger partial charge in [-0.2, -0.15) is 0 Å². The first-order valence-corrected chi connectivity index (χ1v) is 7.23. The predicted octanol–water partition coefficient (Wildman–Crippen LogP) is 3.96. The fraction of sp³-hybridized carbons (Fsp3) is 0.562. The summed E-state index contributed by atoms with van der Waals surface area (Å²) in [5, 5.41) is 14.2. The smallest absolute Gasteiger partial charge is 0.0428 e. The SMILES string of the molecule is CNc1ccc(NC2CCC(C)C(C)C2)cc1C=N. The molecule has 0 amide bonds. The lowest BCUT2D eigenvalue weighted by atomic mass is 9.79. The van der Waals surface area contributed by atoms with Gasteiger partial charge in [0.2, 0.25) is 0 Å². The Morgan fingerprint density at radius 1 is 1.21 bits per heavy atom. The van der Waals surface area contributed by atoms with Gasteiger partial charge in [-0.05, 0) is 49.3 Å². The molecule has 1 aromatic rings. The molecule has 0 radical (unpaired) electrons. The Morgan fingerprint density at radius 3 is 2.63 bits per heavy atom. The topological polar surface area (TPSA) is 47.9 Å². The molecular weight excluding hydrogens is 234 g/mol. The Hall–Kier alpha value is -1.51. The third-order valence-electron chi connectivity index (χ3n) is 4.45. The van der Waals surface area contributed by atoms with Gasteiger partial charge in [0.15, 0.2) is 0 Å². The zero-order chi connectivity index (χ0) is 13.8. The van der Waals surface area contributed by atoms with Gasteiger partial charge in [-0.25, -0.2) is 0 Å². The molecule has 0 aromatic heterocycles. The van der Waals surface area contributed by atoms with Gasteiger partial charge < -0.3 is 16.0 Å². The van der Waals surface area contributed by atoms with Crippen molar-refractivity contribution in [3.05, 3.63) is 23.8 Å². The number of anilines is 2. The molecule has 1 aliphatic carbocycles. The minimum atomic E-state index is 0.574. The van der Waals surface area contributed by atoms with Gasteiger partial charge in [0.25, 0.3) is 0 Å². The third kappa shape index (κ3) is 3.28. The van der Waals surface area contributed by atoms with Crippen LogP contribution in [-0.2, 0) is 0 Å². The molecule has 3 N–H and O–H groups in total. The Bertz CT molecular complexity index is 442. The Balaban J connectivity index is 2.05. The van der Waals surface area contributed by atoms with Crippen LogP contribution in [0.25, 0.3) is 0 Å².